The van der Waals surface area contributed by atoms with Crippen LogP contribution in [-0.2, 0) is 11.2 Å². The molecular weight excluding hydrogens is 200 g/mol. The van der Waals surface area contributed by atoms with E-state index in [-0.39, 0.29) is 0 Å². The number of rotatable bonds is 1. The van der Waals surface area contributed by atoms with Crippen LogP contribution in [0, 0.1) is 0 Å². The summed E-state index contributed by atoms with van der Waals surface area (Å²) in [6.45, 7) is 4.88. The predicted octanol–water partition coefficient (Wildman–Crippen LogP) is 1.88. The minimum Gasteiger partial charge on any atom is -0.385 e. The topological polar surface area (TPSA) is 24.5 Å². The SMILES string of the molecule is c1cc2c(c(N3CCOCC3)c1)CCCN2. The smallest absolute Gasteiger partial charge is 0.0642 e. The molecule has 1 aromatic rings. The molecule has 0 radical (unpaired) electrons. The second kappa shape index (κ2) is 4.34. The number of hydrogen-bond acceptors (Lipinski definition) is 3. The highest BCUT2D eigenvalue weighted by Gasteiger charge is 2.18. The normalized spacial score (nSPS) is 20.1. The summed E-state index contributed by atoms with van der Waals surface area (Å²) in [5.74, 6) is 0. The molecule has 1 N–H and O–H groups in total. The average Bonchev–Trinajstić information content (AvgIpc) is 2.39. The Morgan fingerprint density at radius 1 is 1.19 bits per heavy atom. The van der Waals surface area contributed by atoms with E-state index in [4.69, 9.17) is 4.74 Å². The molecule has 2 aliphatic heterocycles. The molecule has 3 rings (SSSR count). The van der Waals surface area contributed by atoms with E-state index in [1.807, 2.05) is 0 Å². The van der Waals surface area contributed by atoms with Gasteiger partial charge in [-0.1, -0.05) is 6.07 Å². The zero-order chi connectivity index (χ0) is 10.8. The second-order valence-corrected chi connectivity index (χ2v) is 4.43. The molecule has 1 saturated heterocycles. The molecule has 2 heterocycles. The lowest BCUT2D eigenvalue weighted by Gasteiger charge is -2.32. The molecule has 0 aliphatic carbocycles. The highest BCUT2D eigenvalue weighted by Crippen LogP contribution is 2.31. The molecular formula is C13H18N2O. The van der Waals surface area contributed by atoms with Gasteiger partial charge in [0.1, 0.15) is 0 Å². The van der Waals surface area contributed by atoms with Gasteiger partial charge >= 0.3 is 0 Å². The first-order valence-electron chi connectivity index (χ1n) is 6.13. The third-order valence-corrected chi connectivity index (χ3v) is 3.42. The van der Waals surface area contributed by atoms with E-state index in [1.54, 1.807) is 0 Å². The highest BCUT2D eigenvalue weighted by atomic mass is 16.5. The number of nitrogens with one attached hydrogen (secondary N) is 1. The van der Waals surface area contributed by atoms with E-state index in [2.05, 4.69) is 28.4 Å². The Balaban J connectivity index is 1.93. The van der Waals surface area contributed by atoms with Crippen molar-refractivity contribution in [1.29, 1.82) is 0 Å². The van der Waals surface area contributed by atoms with Crippen LogP contribution in [0.25, 0.3) is 0 Å². The molecule has 0 aromatic heterocycles. The summed E-state index contributed by atoms with van der Waals surface area (Å²) in [7, 11) is 0. The molecule has 16 heavy (non-hydrogen) atoms. The zero-order valence-electron chi connectivity index (χ0n) is 9.54. The standard InChI is InChI=1S/C13H18N2O/c1-4-12-11(3-2-6-14-12)13(5-1)15-7-9-16-10-8-15/h1,4-5,14H,2-3,6-10H2. The van der Waals surface area contributed by atoms with Crippen molar-refractivity contribution in [3.8, 4) is 0 Å². The van der Waals surface area contributed by atoms with Crippen molar-refractivity contribution in [3.63, 3.8) is 0 Å². The Morgan fingerprint density at radius 2 is 2.06 bits per heavy atom. The number of morpholine rings is 1. The van der Waals surface area contributed by atoms with Gasteiger partial charge in [-0.15, -0.1) is 0 Å². The summed E-state index contributed by atoms with van der Waals surface area (Å²) in [5.41, 5.74) is 4.24. The monoisotopic (exact) mass is 218 g/mol. The fourth-order valence-electron chi connectivity index (χ4n) is 2.59. The van der Waals surface area contributed by atoms with E-state index in [0.717, 1.165) is 32.8 Å². The van der Waals surface area contributed by atoms with Crippen molar-refractivity contribution in [3.05, 3.63) is 23.8 Å². The lowest BCUT2D eigenvalue weighted by Crippen LogP contribution is -2.37. The van der Waals surface area contributed by atoms with Crippen LogP contribution < -0.4 is 10.2 Å². The van der Waals surface area contributed by atoms with E-state index in [1.165, 1.54) is 29.8 Å². The van der Waals surface area contributed by atoms with Gasteiger partial charge in [0.05, 0.1) is 13.2 Å². The quantitative estimate of drug-likeness (QED) is 0.779. The molecule has 0 spiro atoms. The van der Waals surface area contributed by atoms with Crippen LogP contribution in [0.4, 0.5) is 11.4 Å². The van der Waals surface area contributed by atoms with Crippen LogP contribution >= 0.6 is 0 Å². The number of fused-ring (bicyclic) bond motifs is 1. The Kier molecular flexibility index (Phi) is 2.70. The van der Waals surface area contributed by atoms with Gasteiger partial charge in [-0.2, -0.15) is 0 Å². The van der Waals surface area contributed by atoms with Gasteiger partial charge in [-0.25, -0.2) is 0 Å². The minimum atomic E-state index is 0.858. The average molecular weight is 218 g/mol. The van der Waals surface area contributed by atoms with Crippen molar-refractivity contribution in [2.24, 2.45) is 0 Å². The highest BCUT2D eigenvalue weighted by molar-refractivity contribution is 5.68. The second-order valence-electron chi connectivity index (χ2n) is 4.43. The van der Waals surface area contributed by atoms with Crippen molar-refractivity contribution >= 4 is 11.4 Å². The molecule has 3 heteroatoms. The predicted molar refractivity (Wildman–Crippen MR) is 66.3 cm³/mol. The largest absolute Gasteiger partial charge is 0.385 e. The summed E-state index contributed by atoms with van der Waals surface area (Å²) in [6, 6.07) is 6.59. The first-order valence-corrected chi connectivity index (χ1v) is 6.13. The third kappa shape index (κ3) is 1.76. The van der Waals surface area contributed by atoms with Crippen LogP contribution in [0.3, 0.4) is 0 Å². The van der Waals surface area contributed by atoms with Gasteiger partial charge < -0.3 is 15.0 Å². The van der Waals surface area contributed by atoms with Crippen molar-refractivity contribution in [2.45, 2.75) is 12.8 Å². The maximum atomic E-state index is 5.41. The molecule has 0 saturated carbocycles. The van der Waals surface area contributed by atoms with Crippen molar-refractivity contribution in [2.75, 3.05) is 43.1 Å². The lowest BCUT2D eigenvalue weighted by atomic mass is 10.0. The Hall–Kier alpha value is -1.22. The summed E-state index contributed by atoms with van der Waals surface area (Å²) in [4.78, 5) is 2.45. The molecule has 1 aromatic carbocycles. The molecule has 0 atom stereocenters. The van der Waals surface area contributed by atoms with Gasteiger partial charge in [-0.3, -0.25) is 0 Å². The Morgan fingerprint density at radius 3 is 2.94 bits per heavy atom. The number of anilines is 2. The first kappa shape index (κ1) is 9.97. The maximum absolute atomic E-state index is 5.41. The number of nitrogens with zero attached hydrogens (tertiary/aromatic N) is 1. The van der Waals surface area contributed by atoms with Crippen LogP contribution in [0.15, 0.2) is 18.2 Å². The van der Waals surface area contributed by atoms with Gasteiger partial charge in [0.25, 0.3) is 0 Å². The zero-order valence-corrected chi connectivity index (χ0v) is 9.54. The minimum absolute atomic E-state index is 0.858. The van der Waals surface area contributed by atoms with Crippen LogP contribution in [0.2, 0.25) is 0 Å². The fourth-order valence-corrected chi connectivity index (χ4v) is 2.59. The van der Waals surface area contributed by atoms with Gasteiger partial charge in [0, 0.05) is 31.0 Å². The third-order valence-electron chi connectivity index (χ3n) is 3.42. The Bertz CT molecular complexity index is 372. The molecule has 1 fully saturated rings. The van der Waals surface area contributed by atoms with Gasteiger partial charge in [-0.05, 0) is 30.5 Å². The summed E-state index contributed by atoms with van der Waals surface area (Å²) in [6.07, 6.45) is 2.45. The molecule has 2 aliphatic rings. The van der Waals surface area contributed by atoms with Crippen molar-refractivity contribution in [1.82, 2.24) is 0 Å². The summed E-state index contributed by atoms with van der Waals surface area (Å²) >= 11 is 0. The molecule has 0 amide bonds. The number of benzene rings is 1. The lowest BCUT2D eigenvalue weighted by molar-refractivity contribution is 0.122. The van der Waals surface area contributed by atoms with Crippen LogP contribution in [-0.4, -0.2) is 32.8 Å². The molecule has 3 nitrogen and oxygen atoms in total. The Labute approximate surface area is 96.4 Å². The summed E-state index contributed by atoms with van der Waals surface area (Å²) < 4.78 is 5.41. The first-order chi connectivity index (χ1) is 7.95. The van der Waals surface area contributed by atoms with Crippen LogP contribution in [0.1, 0.15) is 12.0 Å². The van der Waals surface area contributed by atoms with Gasteiger partial charge in [0.15, 0.2) is 0 Å². The molecule has 0 unspecified atom stereocenters. The fraction of sp³-hybridized carbons (Fsp3) is 0.538. The number of hydrogen-bond donors (Lipinski definition) is 1. The van der Waals surface area contributed by atoms with E-state index < -0.39 is 0 Å². The van der Waals surface area contributed by atoms with E-state index in [0.29, 0.717) is 0 Å². The maximum Gasteiger partial charge on any atom is 0.0642 e. The van der Waals surface area contributed by atoms with E-state index in [9.17, 15) is 0 Å². The van der Waals surface area contributed by atoms with Crippen molar-refractivity contribution < 1.29 is 4.74 Å². The van der Waals surface area contributed by atoms with Crippen LogP contribution in [0.5, 0.6) is 0 Å². The van der Waals surface area contributed by atoms with Gasteiger partial charge in [0.2, 0.25) is 0 Å². The van der Waals surface area contributed by atoms with E-state index >= 15 is 0 Å². The number of ether oxygens (including phenoxy) is 1. The molecule has 86 valence electrons. The molecule has 0 bridgehead atoms. The summed E-state index contributed by atoms with van der Waals surface area (Å²) in [5, 5.41) is 3.48.